The van der Waals surface area contributed by atoms with Gasteiger partial charge in [-0.3, -0.25) is 4.79 Å². The van der Waals surface area contributed by atoms with Crippen molar-refractivity contribution in [3.63, 3.8) is 0 Å². The van der Waals surface area contributed by atoms with Crippen LogP contribution in [0.3, 0.4) is 0 Å². The zero-order valence-electron chi connectivity index (χ0n) is 22.7. The fourth-order valence-corrected chi connectivity index (χ4v) is 4.77. The number of rotatable bonds is 11. The Hall–Kier alpha value is -4.53. The molecule has 0 spiro atoms. The molecule has 0 saturated heterocycles. The van der Waals surface area contributed by atoms with Gasteiger partial charge in [0, 0.05) is 60.1 Å². The summed E-state index contributed by atoms with van der Waals surface area (Å²) in [6.07, 6.45) is 4.29. The number of carbonyl (C=O) groups excluding carboxylic acids is 2. The number of methoxy groups -OCH3 is 2. The summed E-state index contributed by atoms with van der Waals surface area (Å²) in [4.78, 5) is 33.7. The number of nitrogens with one attached hydrogen (secondary N) is 2. The lowest BCUT2D eigenvalue weighted by Crippen LogP contribution is -2.45. The van der Waals surface area contributed by atoms with E-state index in [2.05, 4.69) is 16.4 Å². The van der Waals surface area contributed by atoms with E-state index in [1.165, 1.54) is 12.1 Å². The van der Waals surface area contributed by atoms with Gasteiger partial charge in [0.2, 0.25) is 5.91 Å². The number of amides is 3. The molecule has 2 N–H and O–H groups in total. The van der Waals surface area contributed by atoms with E-state index >= 15 is 0 Å². The first-order chi connectivity index (χ1) is 19.4. The largest absolute Gasteiger partial charge is 0.497 e. The minimum absolute atomic E-state index is 0.00209. The molecule has 0 radical (unpaired) electrons. The third-order valence-electron chi connectivity index (χ3n) is 7.12. The van der Waals surface area contributed by atoms with Crippen LogP contribution >= 0.6 is 0 Å². The van der Waals surface area contributed by atoms with Crippen LogP contribution in [0.15, 0.2) is 72.9 Å². The molecule has 8 nitrogen and oxygen atoms in total. The summed E-state index contributed by atoms with van der Waals surface area (Å²) in [6.45, 7) is 0.701. The zero-order chi connectivity index (χ0) is 28.1. The monoisotopic (exact) mass is 544 g/mol. The fourth-order valence-electron chi connectivity index (χ4n) is 4.77. The second kappa shape index (κ2) is 12.1. The summed E-state index contributed by atoms with van der Waals surface area (Å²) in [7, 11) is 3.09. The third-order valence-corrected chi connectivity index (χ3v) is 7.12. The average molecular weight is 545 g/mol. The molecule has 5 rings (SSSR count). The van der Waals surface area contributed by atoms with Gasteiger partial charge in [-0.1, -0.05) is 30.3 Å². The Kier molecular flexibility index (Phi) is 8.19. The van der Waals surface area contributed by atoms with Crippen LogP contribution in [0, 0.1) is 5.82 Å². The van der Waals surface area contributed by atoms with Gasteiger partial charge in [0.05, 0.1) is 14.2 Å². The number of urea groups is 1. The van der Waals surface area contributed by atoms with E-state index in [9.17, 15) is 14.0 Å². The number of nitrogens with zero attached hydrogens (tertiary/aromatic N) is 2. The number of halogens is 1. The number of aromatic amines is 1. The van der Waals surface area contributed by atoms with Gasteiger partial charge in [0.25, 0.3) is 0 Å². The van der Waals surface area contributed by atoms with Gasteiger partial charge in [-0.2, -0.15) is 0 Å². The molecule has 3 aromatic carbocycles. The van der Waals surface area contributed by atoms with Crippen molar-refractivity contribution < 1.29 is 23.5 Å². The maximum atomic E-state index is 13.7. The third kappa shape index (κ3) is 6.54. The Morgan fingerprint density at radius 3 is 2.38 bits per heavy atom. The minimum Gasteiger partial charge on any atom is -0.497 e. The van der Waals surface area contributed by atoms with E-state index in [-0.39, 0.29) is 30.3 Å². The molecule has 4 aromatic rings. The summed E-state index contributed by atoms with van der Waals surface area (Å²) >= 11 is 0. The summed E-state index contributed by atoms with van der Waals surface area (Å²) in [5.41, 5.74) is 3.48. The average Bonchev–Trinajstić information content (AvgIpc) is 3.73. The van der Waals surface area contributed by atoms with Gasteiger partial charge in [0.1, 0.15) is 23.9 Å². The number of aromatic nitrogens is 1. The Bertz CT molecular complexity index is 1460. The van der Waals surface area contributed by atoms with E-state index in [0.717, 1.165) is 34.9 Å². The van der Waals surface area contributed by atoms with E-state index in [1.54, 1.807) is 54.4 Å². The highest BCUT2D eigenvalue weighted by atomic mass is 19.1. The molecule has 0 atom stereocenters. The van der Waals surface area contributed by atoms with Gasteiger partial charge in [-0.15, -0.1) is 0 Å². The SMILES string of the molecule is COc1cc(NC(=O)N(CC(=O)N(CCc2c[nH]c3ccccc23)Cc2ccc(F)cc2)C2CC2)cc(OC)c1. The second-order valence-electron chi connectivity index (χ2n) is 9.94. The summed E-state index contributed by atoms with van der Waals surface area (Å²) in [5, 5.41) is 4.01. The van der Waals surface area contributed by atoms with Gasteiger partial charge in [-0.25, -0.2) is 9.18 Å². The molecular weight excluding hydrogens is 511 g/mol. The number of anilines is 1. The van der Waals surface area contributed by atoms with Crippen LogP contribution in [0.4, 0.5) is 14.9 Å². The summed E-state index contributed by atoms with van der Waals surface area (Å²) in [6, 6.07) is 19.0. The van der Waals surface area contributed by atoms with Crippen molar-refractivity contribution in [3.8, 4) is 11.5 Å². The van der Waals surface area contributed by atoms with Crippen molar-refractivity contribution in [2.24, 2.45) is 0 Å². The Morgan fingerprint density at radius 2 is 1.70 bits per heavy atom. The number of fused-ring (bicyclic) bond motifs is 1. The number of H-pyrrole nitrogens is 1. The van der Waals surface area contributed by atoms with Crippen LogP contribution in [-0.4, -0.2) is 60.1 Å². The van der Waals surface area contributed by atoms with Crippen LogP contribution in [0.1, 0.15) is 24.0 Å². The number of benzene rings is 3. The Labute approximate surface area is 232 Å². The molecule has 0 bridgehead atoms. The standard InChI is InChI=1S/C31H33FN4O4/c1-39-26-15-24(16-27(17-26)40-2)34-31(38)36(25-11-12-25)20-30(37)35(19-21-7-9-23(32)10-8-21)14-13-22-18-33-29-6-4-3-5-28(22)29/h3-10,15-18,25,33H,11-14,19-20H2,1-2H3,(H,34,38). The van der Waals surface area contributed by atoms with Crippen molar-refractivity contribution in [2.45, 2.75) is 31.8 Å². The molecule has 3 amide bonds. The molecule has 1 aromatic heterocycles. The van der Waals surface area contributed by atoms with Crippen molar-refractivity contribution >= 4 is 28.5 Å². The molecule has 0 aliphatic heterocycles. The maximum absolute atomic E-state index is 13.7. The predicted octanol–water partition coefficient (Wildman–Crippen LogP) is 5.59. The topological polar surface area (TPSA) is 86.9 Å². The first-order valence-corrected chi connectivity index (χ1v) is 13.3. The second-order valence-corrected chi connectivity index (χ2v) is 9.94. The fraction of sp³-hybridized carbons (Fsp3) is 0.290. The van der Waals surface area contributed by atoms with Gasteiger partial charge in [0.15, 0.2) is 0 Å². The lowest BCUT2D eigenvalue weighted by molar-refractivity contribution is -0.132. The van der Waals surface area contributed by atoms with Gasteiger partial charge < -0.3 is 29.6 Å². The number of ether oxygens (including phenoxy) is 2. The molecular formula is C31H33FN4O4. The van der Waals surface area contributed by atoms with Crippen molar-refractivity contribution in [3.05, 3.63) is 89.9 Å². The summed E-state index contributed by atoms with van der Waals surface area (Å²) in [5.74, 6) is 0.596. The maximum Gasteiger partial charge on any atom is 0.322 e. The normalized spacial score (nSPS) is 12.7. The van der Waals surface area contributed by atoms with E-state index < -0.39 is 0 Å². The van der Waals surface area contributed by atoms with Gasteiger partial charge in [-0.05, 0) is 48.6 Å². The first kappa shape index (κ1) is 27.1. The van der Waals surface area contributed by atoms with Gasteiger partial charge >= 0.3 is 6.03 Å². The number of hydrogen-bond donors (Lipinski definition) is 2. The van der Waals surface area contributed by atoms with E-state index in [1.807, 2.05) is 24.4 Å². The molecule has 1 fully saturated rings. The quantitative estimate of drug-likeness (QED) is 0.258. The van der Waals surface area contributed by atoms with E-state index in [0.29, 0.717) is 36.7 Å². The summed E-state index contributed by atoms with van der Waals surface area (Å²) < 4.78 is 24.2. The molecule has 0 unspecified atom stereocenters. The van der Waals surface area contributed by atoms with Crippen molar-refractivity contribution in [1.82, 2.24) is 14.8 Å². The number of carbonyl (C=O) groups is 2. The molecule has 1 saturated carbocycles. The molecule has 1 aliphatic rings. The van der Waals surface area contributed by atoms with Crippen LogP contribution in [0.5, 0.6) is 11.5 Å². The zero-order valence-corrected chi connectivity index (χ0v) is 22.7. The highest BCUT2D eigenvalue weighted by molar-refractivity contribution is 5.93. The van der Waals surface area contributed by atoms with Crippen LogP contribution in [0.25, 0.3) is 10.9 Å². The molecule has 1 heterocycles. The lowest BCUT2D eigenvalue weighted by atomic mass is 10.1. The first-order valence-electron chi connectivity index (χ1n) is 13.3. The number of hydrogen-bond acceptors (Lipinski definition) is 4. The van der Waals surface area contributed by atoms with Crippen LogP contribution in [0.2, 0.25) is 0 Å². The molecule has 1 aliphatic carbocycles. The molecule has 208 valence electrons. The van der Waals surface area contributed by atoms with Crippen LogP contribution < -0.4 is 14.8 Å². The highest BCUT2D eigenvalue weighted by Crippen LogP contribution is 2.30. The predicted molar refractivity (Wildman–Crippen MR) is 152 cm³/mol. The van der Waals surface area contributed by atoms with E-state index in [4.69, 9.17) is 9.47 Å². The van der Waals surface area contributed by atoms with Crippen LogP contribution in [-0.2, 0) is 17.8 Å². The molecule has 9 heteroatoms. The lowest BCUT2D eigenvalue weighted by Gasteiger charge is -2.28. The Morgan fingerprint density at radius 1 is 1.00 bits per heavy atom. The molecule has 40 heavy (non-hydrogen) atoms. The number of para-hydroxylation sites is 1. The van der Waals surface area contributed by atoms with Crippen molar-refractivity contribution in [1.29, 1.82) is 0 Å². The smallest absolute Gasteiger partial charge is 0.322 e. The van der Waals surface area contributed by atoms with Crippen molar-refractivity contribution in [2.75, 3.05) is 32.6 Å². The minimum atomic E-state index is -0.357. The highest BCUT2D eigenvalue weighted by Gasteiger charge is 2.35. The Balaban J connectivity index is 1.32.